The Balaban J connectivity index is 1.48. The molecule has 8 heteroatoms. The third-order valence-corrected chi connectivity index (χ3v) is 7.48. The van der Waals surface area contributed by atoms with Crippen molar-refractivity contribution in [2.45, 2.75) is 76.5 Å². The summed E-state index contributed by atoms with van der Waals surface area (Å²) in [6.45, 7) is 2.39. The smallest absolute Gasteiger partial charge is 0.273 e. The molecule has 0 bridgehead atoms. The molecule has 2 aromatic heterocycles. The van der Waals surface area contributed by atoms with E-state index in [1.54, 1.807) is 35.1 Å². The van der Waals surface area contributed by atoms with E-state index in [1.807, 2.05) is 37.3 Å². The maximum Gasteiger partial charge on any atom is 0.273 e. The van der Waals surface area contributed by atoms with Gasteiger partial charge in [-0.3, -0.25) is 14.3 Å². The molecule has 1 aromatic carbocycles. The van der Waals surface area contributed by atoms with Crippen LogP contribution in [-0.4, -0.2) is 45.2 Å². The van der Waals surface area contributed by atoms with E-state index in [0.717, 1.165) is 31.2 Å². The highest BCUT2D eigenvalue weighted by Gasteiger charge is 2.48. The van der Waals surface area contributed by atoms with Gasteiger partial charge >= 0.3 is 0 Å². The Morgan fingerprint density at radius 1 is 1.14 bits per heavy atom. The molecular weight excluding hydrogens is 456 g/mol. The Labute approximate surface area is 211 Å². The molecule has 8 nitrogen and oxygen atoms in total. The summed E-state index contributed by atoms with van der Waals surface area (Å²) in [6, 6.07) is 13.1. The molecule has 5 rings (SSSR count). The standard InChI is InChI=1S/C28H34N4O4/c1-28(27(34)29-21-11-6-4-3-5-7-12-21)19-32-24(17-23(30-32)25-14-9-15-36-25)26(33)31(28)18-20-10-8-13-22(16-20)35-2/h8-10,13-17,21H,3-7,11-12,18-19H2,1-2H3,(H,29,34). The number of carbonyl (C=O) groups is 2. The van der Waals surface area contributed by atoms with E-state index in [9.17, 15) is 9.59 Å². The fourth-order valence-corrected chi connectivity index (χ4v) is 5.33. The fraction of sp³-hybridized carbons (Fsp3) is 0.464. The third kappa shape index (κ3) is 4.76. The number of methoxy groups -OCH3 is 1. The largest absolute Gasteiger partial charge is 0.497 e. The summed E-state index contributed by atoms with van der Waals surface area (Å²) in [5.41, 5.74) is 0.809. The van der Waals surface area contributed by atoms with Gasteiger partial charge in [-0.2, -0.15) is 5.10 Å². The Kier molecular flexibility index (Phi) is 6.85. The second kappa shape index (κ2) is 10.2. The van der Waals surface area contributed by atoms with Crippen LogP contribution in [0.1, 0.15) is 67.9 Å². The first kappa shape index (κ1) is 24.2. The maximum atomic E-state index is 13.9. The highest BCUT2D eigenvalue weighted by molar-refractivity contribution is 6.00. The van der Waals surface area contributed by atoms with Crippen molar-refractivity contribution in [1.29, 1.82) is 0 Å². The number of furan rings is 1. The van der Waals surface area contributed by atoms with Gasteiger partial charge in [0.15, 0.2) is 5.76 Å². The molecule has 1 fully saturated rings. The number of fused-ring (bicyclic) bond motifs is 1. The first-order chi connectivity index (χ1) is 17.5. The van der Waals surface area contributed by atoms with Crippen LogP contribution in [0.5, 0.6) is 5.75 Å². The molecule has 1 aliphatic carbocycles. The van der Waals surface area contributed by atoms with Gasteiger partial charge in [0.1, 0.15) is 22.7 Å². The zero-order chi connectivity index (χ0) is 25.1. The summed E-state index contributed by atoms with van der Waals surface area (Å²) in [5, 5.41) is 7.94. The van der Waals surface area contributed by atoms with Crippen LogP contribution in [0.25, 0.3) is 11.5 Å². The predicted molar refractivity (Wildman–Crippen MR) is 135 cm³/mol. The molecule has 3 heterocycles. The highest BCUT2D eigenvalue weighted by Crippen LogP contribution is 2.32. The van der Waals surface area contributed by atoms with Gasteiger partial charge in [-0.1, -0.05) is 44.2 Å². The molecule has 2 amide bonds. The average Bonchev–Trinajstić information content (AvgIpc) is 3.53. The lowest BCUT2D eigenvalue weighted by atomic mass is 9.91. The van der Waals surface area contributed by atoms with Gasteiger partial charge in [0, 0.05) is 18.7 Å². The summed E-state index contributed by atoms with van der Waals surface area (Å²) in [7, 11) is 1.62. The highest BCUT2D eigenvalue weighted by atomic mass is 16.5. The number of hydrogen-bond acceptors (Lipinski definition) is 5. The first-order valence-corrected chi connectivity index (χ1v) is 12.9. The Morgan fingerprint density at radius 3 is 2.64 bits per heavy atom. The van der Waals surface area contributed by atoms with Crippen molar-refractivity contribution in [3.8, 4) is 17.2 Å². The van der Waals surface area contributed by atoms with Crippen LogP contribution >= 0.6 is 0 Å². The number of carbonyl (C=O) groups excluding carboxylic acids is 2. The number of aromatic nitrogens is 2. The lowest BCUT2D eigenvalue weighted by molar-refractivity contribution is -0.134. The van der Waals surface area contributed by atoms with Crippen molar-refractivity contribution in [3.05, 3.63) is 60.0 Å². The Morgan fingerprint density at radius 2 is 1.92 bits per heavy atom. The van der Waals surface area contributed by atoms with Gasteiger partial charge in [-0.15, -0.1) is 0 Å². The van der Waals surface area contributed by atoms with Crippen LogP contribution in [0.15, 0.2) is 53.1 Å². The van der Waals surface area contributed by atoms with Crippen LogP contribution in [0.4, 0.5) is 0 Å². The van der Waals surface area contributed by atoms with E-state index in [1.165, 1.54) is 19.3 Å². The van der Waals surface area contributed by atoms with Crippen LogP contribution in [0.2, 0.25) is 0 Å². The van der Waals surface area contributed by atoms with Crippen LogP contribution in [0.3, 0.4) is 0 Å². The quantitative estimate of drug-likeness (QED) is 0.536. The van der Waals surface area contributed by atoms with Gasteiger partial charge in [0.25, 0.3) is 5.91 Å². The van der Waals surface area contributed by atoms with Gasteiger partial charge in [0.05, 0.1) is 19.9 Å². The number of benzene rings is 1. The molecule has 0 spiro atoms. The van der Waals surface area contributed by atoms with Gasteiger partial charge in [0.2, 0.25) is 5.91 Å². The van der Waals surface area contributed by atoms with Crippen molar-refractivity contribution in [2.24, 2.45) is 0 Å². The summed E-state index contributed by atoms with van der Waals surface area (Å²) in [4.78, 5) is 29.5. The maximum absolute atomic E-state index is 13.9. The summed E-state index contributed by atoms with van der Waals surface area (Å²) >= 11 is 0. The molecule has 3 aromatic rings. The second-order valence-corrected chi connectivity index (χ2v) is 10.1. The lowest BCUT2D eigenvalue weighted by Gasteiger charge is -2.44. The summed E-state index contributed by atoms with van der Waals surface area (Å²) < 4.78 is 12.5. The van der Waals surface area contributed by atoms with Gasteiger partial charge in [-0.25, -0.2) is 0 Å². The van der Waals surface area contributed by atoms with Crippen LogP contribution in [-0.2, 0) is 17.9 Å². The molecule has 36 heavy (non-hydrogen) atoms. The zero-order valence-corrected chi connectivity index (χ0v) is 21.0. The molecule has 2 aliphatic rings. The molecule has 1 saturated carbocycles. The minimum Gasteiger partial charge on any atom is -0.497 e. The normalized spacial score (nSPS) is 20.9. The van der Waals surface area contributed by atoms with Crippen LogP contribution < -0.4 is 10.1 Å². The molecule has 1 atom stereocenters. The van der Waals surface area contributed by atoms with E-state index < -0.39 is 5.54 Å². The van der Waals surface area contributed by atoms with E-state index >= 15 is 0 Å². The topological polar surface area (TPSA) is 89.6 Å². The second-order valence-electron chi connectivity index (χ2n) is 10.1. The monoisotopic (exact) mass is 490 g/mol. The number of rotatable bonds is 6. The van der Waals surface area contributed by atoms with Crippen molar-refractivity contribution in [3.63, 3.8) is 0 Å². The number of hydrogen-bond donors (Lipinski definition) is 1. The van der Waals surface area contributed by atoms with E-state index in [2.05, 4.69) is 10.4 Å². The molecule has 190 valence electrons. The van der Waals surface area contributed by atoms with Gasteiger partial charge in [-0.05, 0) is 49.6 Å². The van der Waals surface area contributed by atoms with Crippen LogP contribution in [0, 0.1) is 0 Å². The number of amides is 2. The average molecular weight is 491 g/mol. The van der Waals surface area contributed by atoms with Gasteiger partial charge < -0.3 is 19.4 Å². The number of nitrogens with zero attached hydrogens (tertiary/aromatic N) is 3. The minimum atomic E-state index is -1.11. The first-order valence-electron chi connectivity index (χ1n) is 12.9. The summed E-state index contributed by atoms with van der Waals surface area (Å²) in [6.07, 6.45) is 9.43. The van der Waals surface area contributed by atoms with E-state index in [-0.39, 0.29) is 30.9 Å². The molecule has 0 radical (unpaired) electrons. The molecule has 1 aliphatic heterocycles. The molecule has 1 N–H and O–H groups in total. The molecule has 1 unspecified atom stereocenters. The molecule has 0 saturated heterocycles. The van der Waals surface area contributed by atoms with Crippen molar-refractivity contribution < 1.29 is 18.7 Å². The molecular formula is C28H34N4O4. The van der Waals surface area contributed by atoms with Crippen molar-refractivity contribution >= 4 is 11.8 Å². The van der Waals surface area contributed by atoms with Crippen molar-refractivity contribution in [1.82, 2.24) is 20.0 Å². The SMILES string of the molecule is COc1cccc(CN2C(=O)c3cc(-c4ccco4)nn3CC2(C)C(=O)NC2CCCCCCC2)c1. The fourth-order valence-electron chi connectivity index (χ4n) is 5.33. The Bertz CT molecular complexity index is 1210. The third-order valence-electron chi connectivity index (χ3n) is 7.48. The lowest BCUT2D eigenvalue weighted by Crippen LogP contribution is -2.64. The number of ether oxygens (including phenoxy) is 1. The minimum absolute atomic E-state index is 0.126. The zero-order valence-electron chi connectivity index (χ0n) is 21.0. The summed E-state index contributed by atoms with van der Waals surface area (Å²) in [5.74, 6) is 0.933. The number of nitrogens with one attached hydrogen (secondary N) is 1. The Hall–Kier alpha value is -3.55. The van der Waals surface area contributed by atoms with E-state index in [0.29, 0.717) is 22.9 Å². The van der Waals surface area contributed by atoms with E-state index in [4.69, 9.17) is 9.15 Å². The van der Waals surface area contributed by atoms with Crippen molar-refractivity contribution in [2.75, 3.05) is 7.11 Å². The predicted octanol–water partition coefficient (Wildman–Crippen LogP) is 4.80.